The van der Waals surface area contributed by atoms with Crippen molar-refractivity contribution in [1.29, 1.82) is 0 Å². The van der Waals surface area contributed by atoms with E-state index in [0.717, 1.165) is 0 Å². The largest absolute Gasteiger partial charge is 0.395 e. The Morgan fingerprint density at radius 3 is 2.82 bits per heavy atom. The Morgan fingerprint density at radius 1 is 1.53 bits per heavy atom. The number of amides is 1. The van der Waals surface area contributed by atoms with Crippen LogP contribution in [0.5, 0.6) is 0 Å². The Labute approximate surface area is 101 Å². The zero-order valence-electron chi connectivity index (χ0n) is 10.6. The van der Waals surface area contributed by atoms with Gasteiger partial charge in [-0.1, -0.05) is 0 Å². The highest BCUT2D eigenvalue weighted by atomic mass is 16.5. The first-order valence-electron chi connectivity index (χ1n) is 5.80. The van der Waals surface area contributed by atoms with Crippen molar-refractivity contribution >= 4 is 11.6 Å². The van der Waals surface area contributed by atoms with Crippen LogP contribution in [-0.4, -0.2) is 35.4 Å². The summed E-state index contributed by atoms with van der Waals surface area (Å²) in [7, 11) is 0. The second kappa shape index (κ2) is 6.24. The van der Waals surface area contributed by atoms with E-state index in [-0.39, 0.29) is 5.91 Å². The molecule has 17 heavy (non-hydrogen) atoms. The molecule has 0 aromatic carbocycles. The number of rotatable bonds is 6. The minimum absolute atomic E-state index is 0.204. The molecule has 0 saturated heterocycles. The lowest BCUT2D eigenvalue weighted by Crippen LogP contribution is -2.30. The van der Waals surface area contributed by atoms with E-state index < -0.39 is 0 Å². The maximum absolute atomic E-state index is 11.9. The van der Waals surface area contributed by atoms with E-state index in [9.17, 15) is 4.79 Å². The normalized spacial score (nSPS) is 10.5. The Balaban J connectivity index is 2.68. The number of aromatic nitrogens is 2. The molecular weight excluding hydrogens is 220 g/mol. The molecule has 3 N–H and O–H groups in total. The van der Waals surface area contributed by atoms with E-state index in [1.807, 2.05) is 13.8 Å². The Morgan fingerprint density at radius 2 is 2.24 bits per heavy atom. The van der Waals surface area contributed by atoms with Crippen molar-refractivity contribution < 1.29 is 9.53 Å². The van der Waals surface area contributed by atoms with Crippen molar-refractivity contribution in [3.63, 3.8) is 0 Å². The van der Waals surface area contributed by atoms with Crippen LogP contribution >= 0.6 is 0 Å². The maximum Gasteiger partial charge on any atom is 0.271 e. The summed E-state index contributed by atoms with van der Waals surface area (Å²) in [5.41, 5.74) is 7.39. The third kappa shape index (κ3) is 3.20. The molecule has 0 saturated carbocycles. The number of anilines is 1. The molecule has 1 aromatic rings. The fourth-order valence-corrected chi connectivity index (χ4v) is 1.53. The van der Waals surface area contributed by atoms with Crippen LogP contribution in [0.1, 0.15) is 30.0 Å². The quantitative estimate of drug-likeness (QED) is 0.712. The first-order valence-corrected chi connectivity index (χ1v) is 5.80. The van der Waals surface area contributed by atoms with Gasteiger partial charge in [0.05, 0.1) is 18.0 Å². The van der Waals surface area contributed by atoms with Crippen LogP contribution in [0.15, 0.2) is 0 Å². The maximum atomic E-state index is 11.9. The van der Waals surface area contributed by atoms with Crippen LogP contribution < -0.4 is 11.1 Å². The molecule has 0 aliphatic rings. The van der Waals surface area contributed by atoms with Crippen molar-refractivity contribution in [1.82, 2.24) is 15.1 Å². The summed E-state index contributed by atoms with van der Waals surface area (Å²) in [4.78, 5) is 11.9. The van der Waals surface area contributed by atoms with Crippen LogP contribution in [0.2, 0.25) is 0 Å². The van der Waals surface area contributed by atoms with Crippen molar-refractivity contribution in [2.75, 3.05) is 25.5 Å². The molecule has 1 amide bonds. The molecule has 1 heterocycles. The summed E-state index contributed by atoms with van der Waals surface area (Å²) >= 11 is 0. The third-order valence-electron chi connectivity index (χ3n) is 2.42. The summed E-state index contributed by atoms with van der Waals surface area (Å²) < 4.78 is 6.76. The van der Waals surface area contributed by atoms with Gasteiger partial charge in [0.2, 0.25) is 0 Å². The van der Waals surface area contributed by atoms with E-state index in [4.69, 9.17) is 10.5 Å². The molecule has 0 spiro atoms. The molecule has 0 atom stereocenters. The SMILES string of the molecule is CCOCCNC(=O)c1c(N)c(C)nn1CC. The van der Waals surface area contributed by atoms with E-state index in [1.54, 1.807) is 11.6 Å². The van der Waals surface area contributed by atoms with Gasteiger partial charge in [0, 0.05) is 19.7 Å². The monoisotopic (exact) mass is 240 g/mol. The van der Waals surface area contributed by atoms with Gasteiger partial charge in [-0.05, 0) is 20.8 Å². The highest BCUT2D eigenvalue weighted by molar-refractivity contribution is 5.97. The fraction of sp³-hybridized carbons (Fsp3) is 0.636. The van der Waals surface area contributed by atoms with Crippen molar-refractivity contribution in [2.24, 2.45) is 0 Å². The van der Waals surface area contributed by atoms with Gasteiger partial charge in [-0.2, -0.15) is 5.10 Å². The summed E-state index contributed by atoms with van der Waals surface area (Å²) in [5, 5.41) is 6.95. The summed E-state index contributed by atoms with van der Waals surface area (Å²) in [6.07, 6.45) is 0. The molecule has 6 nitrogen and oxygen atoms in total. The lowest BCUT2D eigenvalue weighted by molar-refractivity contribution is 0.0913. The van der Waals surface area contributed by atoms with Gasteiger partial charge in [-0.15, -0.1) is 0 Å². The average molecular weight is 240 g/mol. The second-order valence-corrected chi connectivity index (χ2v) is 3.62. The Bertz CT molecular complexity index is 387. The summed E-state index contributed by atoms with van der Waals surface area (Å²) in [6.45, 7) is 7.86. The van der Waals surface area contributed by atoms with Crippen LogP contribution in [0.3, 0.4) is 0 Å². The molecule has 6 heteroatoms. The lowest BCUT2D eigenvalue weighted by atomic mass is 10.3. The van der Waals surface area contributed by atoms with Crippen LogP contribution in [0.25, 0.3) is 0 Å². The minimum atomic E-state index is -0.204. The summed E-state index contributed by atoms with van der Waals surface area (Å²) in [6, 6.07) is 0. The zero-order valence-corrected chi connectivity index (χ0v) is 10.6. The van der Waals surface area contributed by atoms with Gasteiger partial charge in [-0.3, -0.25) is 9.48 Å². The first kappa shape index (κ1) is 13.5. The molecule has 1 aromatic heterocycles. The fourth-order valence-electron chi connectivity index (χ4n) is 1.53. The number of aryl methyl sites for hydroxylation is 2. The first-order chi connectivity index (χ1) is 8.11. The van der Waals surface area contributed by atoms with Gasteiger partial charge in [0.1, 0.15) is 5.69 Å². The minimum Gasteiger partial charge on any atom is -0.395 e. The van der Waals surface area contributed by atoms with Crippen molar-refractivity contribution in [3.8, 4) is 0 Å². The number of hydrogen-bond donors (Lipinski definition) is 2. The lowest BCUT2D eigenvalue weighted by Gasteiger charge is -2.07. The average Bonchev–Trinajstić information content (AvgIpc) is 2.61. The molecule has 0 unspecified atom stereocenters. The van der Waals surface area contributed by atoms with E-state index in [0.29, 0.717) is 43.4 Å². The third-order valence-corrected chi connectivity index (χ3v) is 2.42. The number of nitrogens with two attached hydrogens (primary N) is 1. The number of carbonyl (C=O) groups is 1. The van der Waals surface area contributed by atoms with Gasteiger partial charge in [-0.25, -0.2) is 0 Å². The number of carbonyl (C=O) groups excluding carboxylic acids is 1. The highest BCUT2D eigenvalue weighted by Gasteiger charge is 2.18. The molecule has 1 rings (SSSR count). The Hall–Kier alpha value is -1.56. The van der Waals surface area contributed by atoms with Crippen molar-refractivity contribution in [3.05, 3.63) is 11.4 Å². The molecule has 0 radical (unpaired) electrons. The highest BCUT2D eigenvalue weighted by Crippen LogP contribution is 2.15. The molecule has 96 valence electrons. The molecule has 0 fully saturated rings. The predicted molar refractivity (Wildman–Crippen MR) is 65.9 cm³/mol. The van der Waals surface area contributed by atoms with Crippen molar-refractivity contribution in [2.45, 2.75) is 27.3 Å². The van der Waals surface area contributed by atoms with Gasteiger partial charge in [0.25, 0.3) is 5.91 Å². The Kier molecular flexibility index (Phi) is 4.96. The molecule has 0 aliphatic carbocycles. The standard InChI is InChI=1S/C11H20N4O2/c1-4-15-10(9(12)8(3)14-15)11(16)13-6-7-17-5-2/h4-7,12H2,1-3H3,(H,13,16). The number of ether oxygens (including phenoxy) is 1. The molecule has 0 aliphatic heterocycles. The number of nitrogen functional groups attached to an aromatic ring is 1. The smallest absolute Gasteiger partial charge is 0.271 e. The van der Waals surface area contributed by atoms with Crippen LogP contribution in [-0.2, 0) is 11.3 Å². The number of nitrogens with one attached hydrogen (secondary N) is 1. The van der Waals surface area contributed by atoms with Gasteiger partial charge < -0.3 is 15.8 Å². The summed E-state index contributed by atoms with van der Waals surface area (Å²) in [5.74, 6) is -0.204. The van der Waals surface area contributed by atoms with Crippen LogP contribution in [0.4, 0.5) is 5.69 Å². The van der Waals surface area contributed by atoms with Crippen LogP contribution in [0, 0.1) is 6.92 Å². The number of hydrogen-bond acceptors (Lipinski definition) is 4. The zero-order chi connectivity index (χ0) is 12.8. The predicted octanol–water partition coefficient (Wildman–Crippen LogP) is 0.560. The second-order valence-electron chi connectivity index (χ2n) is 3.62. The molecule has 0 bridgehead atoms. The number of nitrogens with zero attached hydrogens (tertiary/aromatic N) is 2. The van der Waals surface area contributed by atoms with E-state index in [1.165, 1.54) is 0 Å². The van der Waals surface area contributed by atoms with Gasteiger partial charge in [0.15, 0.2) is 0 Å². The molecular formula is C11H20N4O2. The van der Waals surface area contributed by atoms with E-state index in [2.05, 4.69) is 10.4 Å². The topological polar surface area (TPSA) is 82.2 Å². The van der Waals surface area contributed by atoms with Gasteiger partial charge >= 0.3 is 0 Å². The van der Waals surface area contributed by atoms with E-state index >= 15 is 0 Å².